The van der Waals surface area contributed by atoms with Gasteiger partial charge in [0.2, 0.25) is 0 Å². The number of hydrogen-bond acceptors (Lipinski definition) is 5. The molecule has 4 aromatic rings. The van der Waals surface area contributed by atoms with Gasteiger partial charge in [-0.15, -0.1) is 0 Å². The molecule has 0 aliphatic rings. The number of ether oxygens (including phenoxy) is 2. The van der Waals surface area contributed by atoms with Gasteiger partial charge in [0.25, 0.3) is 5.56 Å². The van der Waals surface area contributed by atoms with Gasteiger partial charge in [-0.25, -0.2) is 14.1 Å². The van der Waals surface area contributed by atoms with Crippen molar-refractivity contribution in [1.29, 1.82) is 0 Å². The minimum atomic E-state index is -0.359. The monoisotopic (exact) mass is 405 g/mol. The summed E-state index contributed by atoms with van der Waals surface area (Å²) in [4.78, 5) is 17.9. The number of aromatic nitrogens is 2. The molecule has 0 radical (unpaired) electrons. The van der Waals surface area contributed by atoms with Crippen molar-refractivity contribution in [2.75, 3.05) is 19.6 Å². The Balaban J connectivity index is 1.81. The van der Waals surface area contributed by atoms with E-state index in [1.54, 1.807) is 56.7 Å². The largest absolute Gasteiger partial charge is 0.497 e. The lowest BCUT2D eigenvalue weighted by Gasteiger charge is -2.17. The minimum Gasteiger partial charge on any atom is -0.497 e. The molecule has 0 unspecified atom stereocenters. The molecular formula is C23H20FN3O3. The highest BCUT2D eigenvalue weighted by atomic mass is 19.1. The number of para-hydroxylation sites is 1. The molecule has 0 saturated carbocycles. The van der Waals surface area contributed by atoms with E-state index in [4.69, 9.17) is 9.47 Å². The molecule has 152 valence electrons. The van der Waals surface area contributed by atoms with Crippen molar-refractivity contribution < 1.29 is 13.9 Å². The molecule has 0 amide bonds. The molecule has 0 aliphatic carbocycles. The van der Waals surface area contributed by atoms with Crippen molar-refractivity contribution in [2.24, 2.45) is 0 Å². The molecule has 1 heterocycles. The van der Waals surface area contributed by atoms with E-state index in [0.717, 1.165) is 5.56 Å². The summed E-state index contributed by atoms with van der Waals surface area (Å²) in [6.45, 7) is 0.286. The second-order valence-electron chi connectivity index (χ2n) is 6.61. The number of hydrogen-bond donors (Lipinski definition) is 1. The quantitative estimate of drug-likeness (QED) is 0.526. The highest BCUT2D eigenvalue weighted by molar-refractivity contribution is 5.79. The van der Waals surface area contributed by atoms with Crippen LogP contribution < -0.4 is 20.5 Å². The predicted molar refractivity (Wildman–Crippen MR) is 114 cm³/mol. The van der Waals surface area contributed by atoms with Gasteiger partial charge in [0.1, 0.15) is 17.3 Å². The van der Waals surface area contributed by atoms with E-state index >= 15 is 0 Å². The molecule has 0 atom stereocenters. The summed E-state index contributed by atoms with van der Waals surface area (Å²) >= 11 is 0. The van der Waals surface area contributed by atoms with E-state index in [0.29, 0.717) is 33.8 Å². The van der Waals surface area contributed by atoms with Crippen LogP contribution in [-0.2, 0) is 6.54 Å². The van der Waals surface area contributed by atoms with Gasteiger partial charge in [-0.1, -0.05) is 12.1 Å². The van der Waals surface area contributed by atoms with Gasteiger partial charge < -0.3 is 14.9 Å². The fraction of sp³-hybridized carbons (Fsp3) is 0.130. The lowest BCUT2D eigenvalue weighted by molar-refractivity contribution is 0.399. The van der Waals surface area contributed by atoms with Crippen LogP contribution in [0, 0.1) is 5.82 Å². The first-order valence-electron chi connectivity index (χ1n) is 9.33. The van der Waals surface area contributed by atoms with Crippen LogP contribution in [0.25, 0.3) is 22.3 Å². The fourth-order valence-corrected chi connectivity index (χ4v) is 3.26. The number of methoxy groups -OCH3 is 2. The molecule has 0 saturated heterocycles. The van der Waals surface area contributed by atoms with E-state index in [2.05, 4.69) is 10.4 Å². The fourth-order valence-electron chi connectivity index (χ4n) is 3.26. The average molecular weight is 405 g/mol. The normalized spacial score (nSPS) is 10.8. The Kier molecular flexibility index (Phi) is 5.34. The van der Waals surface area contributed by atoms with Crippen LogP contribution >= 0.6 is 0 Å². The van der Waals surface area contributed by atoms with Gasteiger partial charge in [0.05, 0.1) is 31.7 Å². The van der Waals surface area contributed by atoms with Crippen LogP contribution in [0.3, 0.4) is 0 Å². The van der Waals surface area contributed by atoms with Gasteiger partial charge >= 0.3 is 0 Å². The molecule has 7 heteroatoms. The van der Waals surface area contributed by atoms with Gasteiger partial charge in [-0.2, -0.15) is 0 Å². The number of fused-ring (bicyclic) bond motifs is 1. The number of nitrogens with one attached hydrogen (secondary N) is 1. The number of benzene rings is 3. The first kappa shape index (κ1) is 19.4. The Hall–Kier alpha value is -3.87. The molecule has 1 aromatic heterocycles. The first-order valence-corrected chi connectivity index (χ1v) is 9.33. The third-order valence-corrected chi connectivity index (χ3v) is 4.79. The maximum atomic E-state index is 13.4. The van der Waals surface area contributed by atoms with Gasteiger partial charge in [0, 0.05) is 11.1 Å². The topological polar surface area (TPSA) is 65.4 Å². The van der Waals surface area contributed by atoms with Crippen molar-refractivity contribution in [2.45, 2.75) is 6.54 Å². The van der Waals surface area contributed by atoms with Crippen molar-refractivity contribution >= 4 is 10.9 Å². The summed E-state index contributed by atoms with van der Waals surface area (Å²) in [5, 5.41) is 0.480. The maximum absolute atomic E-state index is 13.4. The summed E-state index contributed by atoms with van der Waals surface area (Å²) in [5.74, 6) is 1.37. The van der Waals surface area contributed by atoms with E-state index in [1.165, 1.54) is 16.8 Å². The number of halogens is 1. The lowest BCUT2D eigenvalue weighted by Crippen LogP contribution is -2.31. The zero-order valence-corrected chi connectivity index (χ0v) is 16.6. The highest BCUT2D eigenvalue weighted by Crippen LogP contribution is 2.24. The minimum absolute atomic E-state index is 0.248. The lowest BCUT2D eigenvalue weighted by atomic mass is 10.1. The molecular weight excluding hydrogens is 385 g/mol. The van der Waals surface area contributed by atoms with Crippen LogP contribution in [-0.4, -0.2) is 23.9 Å². The van der Waals surface area contributed by atoms with Crippen molar-refractivity contribution in [3.8, 4) is 22.9 Å². The van der Waals surface area contributed by atoms with E-state index in [-0.39, 0.29) is 17.9 Å². The molecule has 4 rings (SSSR count). The van der Waals surface area contributed by atoms with Crippen LogP contribution in [0.4, 0.5) is 4.39 Å². The maximum Gasteiger partial charge on any atom is 0.280 e. The molecule has 0 spiro atoms. The Morgan fingerprint density at radius 3 is 2.50 bits per heavy atom. The van der Waals surface area contributed by atoms with E-state index < -0.39 is 0 Å². The Labute approximate surface area is 172 Å². The van der Waals surface area contributed by atoms with Crippen LogP contribution in [0.15, 0.2) is 71.5 Å². The second-order valence-corrected chi connectivity index (χ2v) is 6.61. The number of nitrogens with zero attached hydrogens (tertiary/aromatic N) is 2. The molecule has 30 heavy (non-hydrogen) atoms. The predicted octanol–water partition coefficient (Wildman–Crippen LogP) is 3.96. The van der Waals surface area contributed by atoms with Gasteiger partial charge in [0.15, 0.2) is 5.82 Å². The zero-order valence-electron chi connectivity index (χ0n) is 16.6. The Morgan fingerprint density at radius 2 is 1.77 bits per heavy atom. The summed E-state index contributed by atoms with van der Waals surface area (Å²) in [6, 6.07) is 18.4. The van der Waals surface area contributed by atoms with Crippen LogP contribution in [0.5, 0.6) is 11.5 Å². The van der Waals surface area contributed by atoms with E-state index in [1.807, 2.05) is 12.1 Å². The summed E-state index contributed by atoms with van der Waals surface area (Å²) in [7, 11) is 3.17. The van der Waals surface area contributed by atoms with Crippen molar-refractivity contribution in [3.63, 3.8) is 0 Å². The number of rotatable bonds is 6. The van der Waals surface area contributed by atoms with Gasteiger partial charge in [-0.3, -0.25) is 4.79 Å². The third kappa shape index (κ3) is 3.69. The van der Waals surface area contributed by atoms with Crippen LogP contribution in [0.2, 0.25) is 0 Å². The third-order valence-electron chi connectivity index (χ3n) is 4.79. The van der Waals surface area contributed by atoms with Crippen LogP contribution in [0.1, 0.15) is 5.56 Å². The zero-order chi connectivity index (χ0) is 21.1. The molecule has 3 aromatic carbocycles. The highest BCUT2D eigenvalue weighted by Gasteiger charge is 2.14. The van der Waals surface area contributed by atoms with E-state index in [9.17, 15) is 9.18 Å². The molecule has 1 N–H and O–H groups in total. The molecule has 0 aliphatic heterocycles. The summed E-state index contributed by atoms with van der Waals surface area (Å²) in [5.41, 5.74) is 4.88. The first-order chi connectivity index (χ1) is 14.6. The Morgan fingerprint density at radius 1 is 1.00 bits per heavy atom. The second kappa shape index (κ2) is 8.24. The molecule has 0 bridgehead atoms. The summed E-state index contributed by atoms with van der Waals surface area (Å²) < 4.78 is 25.5. The van der Waals surface area contributed by atoms with Crippen molar-refractivity contribution in [3.05, 3.63) is 88.5 Å². The Bertz CT molecular complexity index is 1250. The SMILES string of the molecule is COc1ccc(OC)c(CNn2c(-c3ccc(F)cc3)nc3ccccc3c2=O)c1. The summed E-state index contributed by atoms with van der Waals surface area (Å²) in [6.07, 6.45) is 0. The van der Waals surface area contributed by atoms with Gasteiger partial charge in [-0.05, 0) is 54.6 Å². The molecule has 6 nitrogen and oxygen atoms in total. The molecule has 0 fully saturated rings. The smallest absolute Gasteiger partial charge is 0.280 e. The standard InChI is InChI=1S/C23H20FN3O3/c1-29-18-11-12-21(30-2)16(13-18)14-25-27-22(15-7-9-17(24)10-8-15)26-20-6-4-3-5-19(20)23(27)28/h3-13,25H,14H2,1-2H3. The van der Waals surface area contributed by atoms with Crippen molar-refractivity contribution in [1.82, 2.24) is 9.66 Å². The average Bonchev–Trinajstić information content (AvgIpc) is 2.78.